The summed E-state index contributed by atoms with van der Waals surface area (Å²) in [7, 11) is 0. The summed E-state index contributed by atoms with van der Waals surface area (Å²) in [5.74, 6) is -2.01. The maximum absolute atomic E-state index is 13.9. The minimum absolute atomic E-state index is 0.0565. The molecule has 4 bridgehead atoms. The maximum atomic E-state index is 13.9. The molecule has 0 unspecified atom stereocenters. The Morgan fingerprint density at radius 3 is 2.13 bits per heavy atom. The minimum Gasteiger partial charge on any atom is -0.457 e. The Morgan fingerprint density at radius 2 is 1.50 bits per heavy atom. The van der Waals surface area contributed by atoms with Crippen LogP contribution in [0.1, 0.15) is 55.2 Å². The maximum Gasteiger partial charge on any atom is 0.389 e. The molecule has 10 heteroatoms. The molecule has 242 valence electrons. The van der Waals surface area contributed by atoms with Crippen molar-refractivity contribution < 1.29 is 37.1 Å². The fourth-order valence-corrected chi connectivity index (χ4v) is 5.63. The number of ketones is 2. The van der Waals surface area contributed by atoms with Crippen LogP contribution < -0.4 is 15.4 Å². The summed E-state index contributed by atoms with van der Waals surface area (Å²) in [6, 6.07) is 21.2. The second-order valence-corrected chi connectivity index (χ2v) is 12.2. The number of aryl methyl sites for hydroxylation is 1. The largest absolute Gasteiger partial charge is 0.457 e. The Morgan fingerprint density at radius 1 is 0.848 bits per heavy atom. The van der Waals surface area contributed by atoms with Crippen molar-refractivity contribution in [2.24, 2.45) is 11.8 Å². The first-order valence-electron chi connectivity index (χ1n) is 15.6. The van der Waals surface area contributed by atoms with Gasteiger partial charge < -0.3 is 15.4 Å². The smallest absolute Gasteiger partial charge is 0.389 e. The predicted octanol–water partition coefficient (Wildman–Crippen LogP) is 6.08. The van der Waals surface area contributed by atoms with Crippen molar-refractivity contribution in [3.8, 4) is 11.5 Å². The van der Waals surface area contributed by atoms with E-state index in [1.54, 1.807) is 42.5 Å². The Bertz CT molecular complexity index is 1550. The monoisotopic (exact) mass is 634 g/mol. The molecule has 1 aliphatic carbocycles. The van der Waals surface area contributed by atoms with Crippen LogP contribution in [0.15, 0.2) is 78.9 Å². The zero-order valence-electron chi connectivity index (χ0n) is 25.4. The van der Waals surface area contributed by atoms with Crippen molar-refractivity contribution in [3.63, 3.8) is 0 Å². The summed E-state index contributed by atoms with van der Waals surface area (Å²) in [6.07, 6.45) is -4.52. The summed E-state index contributed by atoms with van der Waals surface area (Å²) in [5, 5.41) is 5.60. The number of ether oxygens (including phenoxy) is 1. The van der Waals surface area contributed by atoms with Gasteiger partial charge in [-0.2, -0.15) is 13.2 Å². The van der Waals surface area contributed by atoms with E-state index in [1.807, 2.05) is 36.4 Å². The lowest BCUT2D eigenvalue weighted by atomic mass is 9.89. The van der Waals surface area contributed by atoms with E-state index in [9.17, 15) is 32.3 Å². The number of halogens is 3. The molecule has 1 saturated carbocycles. The topological polar surface area (TPSA) is 102 Å². The van der Waals surface area contributed by atoms with Crippen LogP contribution in [0, 0.1) is 11.8 Å². The van der Waals surface area contributed by atoms with E-state index in [4.69, 9.17) is 4.74 Å². The highest BCUT2D eigenvalue weighted by atomic mass is 19.4. The number of fused-ring (bicyclic) bond motifs is 4. The zero-order chi connectivity index (χ0) is 32.7. The number of hydrogen-bond acceptors (Lipinski definition) is 5. The molecule has 2 aliphatic rings. The van der Waals surface area contributed by atoms with Crippen LogP contribution in [0.2, 0.25) is 0 Å². The van der Waals surface area contributed by atoms with Gasteiger partial charge in [0.2, 0.25) is 11.8 Å². The number of amides is 2. The highest BCUT2D eigenvalue weighted by Gasteiger charge is 2.35. The normalized spacial score (nSPS) is 20.7. The lowest BCUT2D eigenvalue weighted by molar-refractivity contribution is -0.144. The van der Waals surface area contributed by atoms with Gasteiger partial charge in [-0.05, 0) is 79.5 Å². The number of carbonyl (C=O) groups excluding carboxylic acids is 4. The molecule has 3 atom stereocenters. The number of rotatable bonds is 8. The lowest BCUT2D eigenvalue weighted by Gasteiger charge is -2.25. The highest BCUT2D eigenvalue weighted by Crippen LogP contribution is 2.30. The number of hydrogen-bond donors (Lipinski definition) is 2. The molecule has 3 aromatic carbocycles. The fraction of sp³-hybridized carbons (Fsp3) is 0.389. The third-order valence-corrected chi connectivity index (χ3v) is 8.37. The van der Waals surface area contributed by atoms with Gasteiger partial charge in [0.15, 0.2) is 11.6 Å². The summed E-state index contributed by atoms with van der Waals surface area (Å²) >= 11 is 0. The first kappa shape index (κ1) is 32.9. The van der Waals surface area contributed by atoms with Gasteiger partial charge in [0.05, 0.1) is 18.5 Å². The van der Waals surface area contributed by atoms with Crippen LogP contribution in [0.5, 0.6) is 11.5 Å². The van der Waals surface area contributed by atoms with E-state index in [1.165, 1.54) is 0 Å². The lowest BCUT2D eigenvalue weighted by Crippen LogP contribution is -2.47. The van der Waals surface area contributed by atoms with Crippen molar-refractivity contribution in [1.82, 2.24) is 10.6 Å². The van der Waals surface area contributed by atoms with Gasteiger partial charge in [0.1, 0.15) is 11.5 Å². The molecule has 1 fully saturated rings. The van der Waals surface area contributed by atoms with Crippen LogP contribution in [-0.2, 0) is 38.4 Å². The highest BCUT2D eigenvalue weighted by molar-refractivity contribution is 5.95. The first-order valence-corrected chi connectivity index (χ1v) is 15.6. The van der Waals surface area contributed by atoms with Gasteiger partial charge in [0.25, 0.3) is 0 Å². The Hall–Kier alpha value is -4.47. The summed E-state index contributed by atoms with van der Waals surface area (Å²) in [5.41, 5.74) is 2.29. The summed E-state index contributed by atoms with van der Waals surface area (Å²) < 4.78 is 45.2. The van der Waals surface area contributed by atoms with E-state index in [2.05, 4.69) is 10.6 Å². The van der Waals surface area contributed by atoms with Crippen LogP contribution >= 0.6 is 0 Å². The molecule has 2 N–H and O–H groups in total. The first-order chi connectivity index (χ1) is 22.0. The Labute approximate surface area is 265 Å². The number of carbonyl (C=O) groups is 4. The molecule has 0 spiro atoms. The standard InChI is InChI=1S/C36H37F3N2O5/c37-36(38,39)17-16-32(42)30-20-24-8-4-10-28(18-24)46-29-11-5-9-25(19-29)21-31(41-34(44)26-14-15-26)33(43)22-27(35(45)40-30)13-12-23-6-2-1-3-7-23/h1-11,18-19,26-27,30-31H,12-17,20-22H2,(H,40,45)(H,41,44)/t27-,30+,31+/m1/s1. The summed E-state index contributed by atoms with van der Waals surface area (Å²) in [6.45, 7) is 0. The zero-order valence-corrected chi connectivity index (χ0v) is 25.4. The molecule has 0 radical (unpaired) electrons. The number of Topliss-reactive ketones (excluding diaryl/α,β-unsaturated/α-hetero) is 2. The van der Waals surface area contributed by atoms with Gasteiger partial charge >= 0.3 is 6.18 Å². The van der Waals surface area contributed by atoms with Crippen LogP contribution in [0.3, 0.4) is 0 Å². The second-order valence-electron chi connectivity index (χ2n) is 12.2. The van der Waals surface area contributed by atoms with E-state index >= 15 is 0 Å². The molecule has 3 aromatic rings. The van der Waals surface area contributed by atoms with Gasteiger partial charge in [0, 0.05) is 24.7 Å². The number of benzene rings is 3. The van der Waals surface area contributed by atoms with Gasteiger partial charge in [-0.1, -0.05) is 54.6 Å². The van der Waals surface area contributed by atoms with Crippen LogP contribution in [0.25, 0.3) is 0 Å². The number of nitrogens with one attached hydrogen (secondary N) is 2. The molecule has 5 rings (SSSR count). The van der Waals surface area contributed by atoms with Crippen molar-refractivity contribution in [3.05, 3.63) is 95.6 Å². The molecule has 0 saturated heterocycles. The second kappa shape index (κ2) is 14.7. The minimum atomic E-state index is -4.54. The third kappa shape index (κ3) is 9.76. The molecule has 1 aliphatic heterocycles. The van der Waals surface area contributed by atoms with Crippen LogP contribution in [-0.4, -0.2) is 41.6 Å². The quantitative estimate of drug-likeness (QED) is 0.313. The third-order valence-electron chi connectivity index (χ3n) is 8.37. The average molecular weight is 635 g/mol. The predicted molar refractivity (Wildman–Crippen MR) is 165 cm³/mol. The van der Waals surface area contributed by atoms with Gasteiger partial charge in [-0.3, -0.25) is 19.2 Å². The molecule has 2 amide bonds. The SMILES string of the molecule is O=C(N[C@H]1Cc2cccc(c2)Oc2cccc(c2)C[C@@H](C(=O)CCC(F)(F)F)NC(=O)[C@H](CCc2ccccc2)CC1=O)C1CC1. The van der Waals surface area contributed by atoms with Crippen molar-refractivity contribution in [1.29, 1.82) is 0 Å². The average Bonchev–Trinajstić information content (AvgIpc) is 3.87. The molecule has 0 aromatic heterocycles. The Balaban J connectivity index is 1.49. The van der Waals surface area contributed by atoms with E-state index < -0.39 is 48.7 Å². The van der Waals surface area contributed by atoms with E-state index in [0.717, 1.165) is 24.0 Å². The Kier molecular flexibility index (Phi) is 10.6. The van der Waals surface area contributed by atoms with E-state index in [-0.39, 0.29) is 43.3 Å². The van der Waals surface area contributed by atoms with Crippen LogP contribution in [0.4, 0.5) is 13.2 Å². The van der Waals surface area contributed by atoms with Crippen molar-refractivity contribution in [2.45, 2.75) is 76.0 Å². The van der Waals surface area contributed by atoms with Crippen molar-refractivity contribution >= 4 is 23.4 Å². The molecule has 1 heterocycles. The van der Waals surface area contributed by atoms with E-state index in [0.29, 0.717) is 23.5 Å². The molecule has 7 nitrogen and oxygen atoms in total. The van der Waals surface area contributed by atoms with Gasteiger partial charge in [-0.15, -0.1) is 0 Å². The van der Waals surface area contributed by atoms with Crippen molar-refractivity contribution in [2.75, 3.05) is 0 Å². The molecule has 46 heavy (non-hydrogen) atoms. The fourth-order valence-electron chi connectivity index (χ4n) is 5.63. The number of alkyl halides is 3. The van der Waals surface area contributed by atoms with Gasteiger partial charge in [-0.25, -0.2) is 0 Å². The summed E-state index contributed by atoms with van der Waals surface area (Å²) in [4.78, 5) is 53.7. The molecular weight excluding hydrogens is 597 g/mol. The molecular formula is C36H37F3N2O5.